The van der Waals surface area contributed by atoms with Gasteiger partial charge in [0.05, 0.1) is 11.5 Å². The van der Waals surface area contributed by atoms with E-state index in [4.69, 9.17) is 0 Å². The molecule has 1 saturated heterocycles. The molecule has 6 heteroatoms. The highest BCUT2D eigenvalue weighted by atomic mass is 32.2. The van der Waals surface area contributed by atoms with Gasteiger partial charge in [-0.2, -0.15) is 0 Å². The van der Waals surface area contributed by atoms with Crippen molar-refractivity contribution in [2.75, 3.05) is 31.1 Å². The molecule has 1 atom stereocenters. The van der Waals surface area contributed by atoms with Gasteiger partial charge in [0.1, 0.15) is 0 Å². The van der Waals surface area contributed by atoms with Gasteiger partial charge in [0.15, 0.2) is 9.84 Å². The molecule has 2 amide bonds. The minimum absolute atomic E-state index is 0.0677. The molecule has 1 fully saturated rings. The summed E-state index contributed by atoms with van der Waals surface area (Å²) in [5, 5.41) is 2.91. The van der Waals surface area contributed by atoms with Gasteiger partial charge in [0, 0.05) is 19.6 Å². The molecule has 22 heavy (non-hydrogen) atoms. The number of nitrogens with one attached hydrogen (secondary N) is 1. The van der Waals surface area contributed by atoms with E-state index in [0.717, 1.165) is 12.8 Å². The van der Waals surface area contributed by atoms with Crippen molar-refractivity contribution in [1.29, 1.82) is 0 Å². The van der Waals surface area contributed by atoms with Gasteiger partial charge in [-0.05, 0) is 36.3 Å². The first-order valence-electron chi connectivity index (χ1n) is 7.83. The van der Waals surface area contributed by atoms with Gasteiger partial charge < -0.3 is 10.2 Å². The van der Waals surface area contributed by atoms with Crippen LogP contribution in [0.5, 0.6) is 0 Å². The number of hydrogen-bond donors (Lipinski definition) is 1. The summed E-state index contributed by atoms with van der Waals surface area (Å²) in [7, 11) is -2.88. The Balaban J connectivity index is 1.51. The van der Waals surface area contributed by atoms with Gasteiger partial charge in [0.25, 0.3) is 0 Å². The minimum atomic E-state index is -2.88. The Morgan fingerprint density at radius 3 is 2.36 bits per heavy atom. The van der Waals surface area contributed by atoms with Crippen molar-refractivity contribution in [3.05, 3.63) is 35.4 Å². The molecule has 3 rings (SSSR count). The Labute approximate surface area is 131 Å². The topological polar surface area (TPSA) is 66.5 Å². The van der Waals surface area contributed by atoms with E-state index >= 15 is 0 Å². The zero-order chi connectivity index (χ0) is 15.6. The number of fused-ring (bicyclic) bond motifs is 1. The van der Waals surface area contributed by atoms with Crippen LogP contribution in [0.2, 0.25) is 0 Å². The van der Waals surface area contributed by atoms with Crippen LogP contribution in [0.15, 0.2) is 24.3 Å². The molecule has 0 saturated carbocycles. The Hall–Kier alpha value is -1.56. The number of benzene rings is 1. The van der Waals surface area contributed by atoms with Crippen molar-refractivity contribution in [1.82, 2.24) is 10.2 Å². The molecule has 2 heterocycles. The molecule has 0 aromatic heterocycles. The normalized spacial score (nSPS) is 23.6. The summed E-state index contributed by atoms with van der Waals surface area (Å²) < 4.78 is 22.9. The van der Waals surface area contributed by atoms with E-state index in [1.165, 1.54) is 11.1 Å². The van der Waals surface area contributed by atoms with Gasteiger partial charge in [0.2, 0.25) is 0 Å². The second-order valence-electron chi connectivity index (χ2n) is 6.21. The number of rotatable bonds is 2. The molecule has 0 aliphatic carbocycles. The van der Waals surface area contributed by atoms with Crippen LogP contribution in [0.3, 0.4) is 0 Å². The lowest BCUT2D eigenvalue weighted by molar-refractivity contribution is 0.199. The molecular formula is C16H22N2O3S. The van der Waals surface area contributed by atoms with Crippen LogP contribution in [0, 0.1) is 5.92 Å². The highest BCUT2D eigenvalue weighted by Gasteiger charge is 2.28. The summed E-state index contributed by atoms with van der Waals surface area (Å²) in [5.41, 5.74) is 2.64. The van der Waals surface area contributed by atoms with Crippen LogP contribution in [0.1, 0.15) is 17.5 Å². The standard InChI is InChI=1S/C16H22N2O3S/c19-16(17-11-13-7-10-22(20,21)12-13)18-8-5-14-3-1-2-4-15(14)6-9-18/h1-4,13H,5-12H2,(H,17,19). The first-order chi connectivity index (χ1) is 10.5. The predicted molar refractivity (Wildman–Crippen MR) is 85.6 cm³/mol. The van der Waals surface area contributed by atoms with E-state index in [1.54, 1.807) is 0 Å². The number of urea groups is 1. The molecule has 0 bridgehead atoms. The zero-order valence-corrected chi connectivity index (χ0v) is 13.4. The second kappa shape index (κ2) is 6.28. The summed E-state index contributed by atoms with van der Waals surface area (Å²) in [5.74, 6) is 0.531. The maximum Gasteiger partial charge on any atom is 0.317 e. The van der Waals surface area contributed by atoms with Gasteiger partial charge in [-0.25, -0.2) is 13.2 Å². The molecule has 1 N–H and O–H groups in total. The van der Waals surface area contributed by atoms with Crippen molar-refractivity contribution in [2.45, 2.75) is 19.3 Å². The third kappa shape index (κ3) is 3.61. The highest BCUT2D eigenvalue weighted by molar-refractivity contribution is 7.91. The predicted octanol–water partition coefficient (Wildman–Crippen LogP) is 1.23. The van der Waals surface area contributed by atoms with Crippen molar-refractivity contribution >= 4 is 15.9 Å². The van der Waals surface area contributed by atoms with E-state index in [0.29, 0.717) is 26.1 Å². The SMILES string of the molecule is O=C(NCC1CCS(=O)(=O)C1)N1CCc2ccccc2CC1. The van der Waals surface area contributed by atoms with Gasteiger partial charge in [-0.15, -0.1) is 0 Å². The summed E-state index contributed by atoms with van der Waals surface area (Å²) in [6.45, 7) is 1.89. The number of nitrogens with zero attached hydrogens (tertiary/aromatic N) is 1. The molecule has 0 spiro atoms. The first kappa shape index (κ1) is 15.3. The lowest BCUT2D eigenvalue weighted by atomic mass is 10.0. The Morgan fingerprint density at radius 2 is 1.82 bits per heavy atom. The fourth-order valence-electron chi connectivity index (χ4n) is 3.25. The van der Waals surface area contributed by atoms with Crippen LogP contribution in [-0.4, -0.2) is 50.5 Å². The molecule has 5 nitrogen and oxygen atoms in total. The lowest BCUT2D eigenvalue weighted by Gasteiger charge is -2.21. The zero-order valence-electron chi connectivity index (χ0n) is 12.6. The van der Waals surface area contributed by atoms with Crippen LogP contribution in [0.4, 0.5) is 4.79 Å². The summed E-state index contributed by atoms with van der Waals surface area (Å²) >= 11 is 0. The molecule has 0 radical (unpaired) electrons. The highest BCUT2D eigenvalue weighted by Crippen LogP contribution is 2.18. The van der Waals surface area contributed by atoms with E-state index < -0.39 is 9.84 Å². The molecule has 1 aromatic rings. The average molecular weight is 322 g/mol. The molecule has 1 unspecified atom stereocenters. The Bertz CT molecular complexity index is 630. The number of carbonyl (C=O) groups is 1. The van der Waals surface area contributed by atoms with E-state index in [1.807, 2.05) is 17.0 Å². The third-order valence-electron chi connectivity index (χ3n) is 4.58. The molecule has 120 valence electrons. The van der Waals surface area contributed by atoms with Crippen molar-refractivity contribution in [2.24, 2.45) is 5.92 Å². The lowest BCUT2D eigenvalue weighted by Crippen LogP contribution is -2.43. The molecule has 2 aliphatic heterocycles. The van der Waals surface area contributed by atoms with Crippen molar-refractivity contribution < 1.29 is 13.2 Å². The molecular weight excluding hydrogens is 300 g/mol. The van der Waals surface area contributed by atoms with Gasteiger partial charge in [-0.3, -0.25) is 0 Å². The Morgan fingerprint density at radius 1 is 1.18 bits per heavy atom. The third-order valence-corrected chi connectivity index (χ3v) is 6.41. The van der Waals surface area contributed by atoms with Crippen LogP contribution in [-0.2, 0) is 22.7 Å². The summed E-state index contributed by atoms with van der Waals surface area (Å²) in [4.78, 5) is 14.1. The van der Waals surface area contributed by atoms with E-state index in [-0.39, 0.29) is 23.5 Å². The molecule has 1 aromatic carbocycles. The van der Waals surface area contributed by atoms with Crippen molar-refractivity contribution in [3.63, 3.8) is 0 Å². The average Bonchev–Trinajstić information content (AvgIpc) is 2.72. The van der Waals surface area contributed by atoms with Crippen LogP contribution in [0.25, 0.3) is 0 Å². The van der Waals surface area contributed by atoms with Crippen molar-refractivity contribution in [3.8, 4) is 0 Å². The quantitative estimate of drug-likeness (QED) is 0.890. The number of sulfone groups is 1. The van der Waals surface area contributed by atoms with E-state index in [9.17, 15) is 13.2 Å². The maximum absolute atomic E-state index is 12.3. The Kier molecular flexibility index (Phi) is 4.38. The number of carbonyl (C=O) groups excluding carboxylic acids is 1. The monoisotopic (exact) mass is 322 g/mol. The maximum atomic E-state index is 12.3. The smallest absolute Gasteiger partial charge is 0.317 e. The number of hydrogen-bond acceptors (Lipinski definition) is 3. The van der Waals surface area contributed by atoms with E-state index in [2.05, 4.69) is 17.4 Å². The van der Waals surface area contributed by atoms with Gasteiger partial charge in [-0.1, -0.05) is 24.3 Å². The summed E-state index contributed by atoms with van der Waals surface area (Å²) in [6.07, 6.45) is 2.41. The van der Waals surface area contributed by atoms with Crippen LogP contribution >= 0.6 is 0 Å². The van der Waals surface area contributed by atoms with Gasteiger partial charge >= 0.3 is 6.03 Å². The fraction of sp³-hybridized carbons (Fsp3) is 0.562. The number of amides is 2. The minimum Gasteiger partial charge on any atom is -0.338 e. The summed E-state index contributed by atoms with van der Waals surface area (Å²) in [6, 6.07) is 8.25. The second-order valence-corrected chi connectivity index (χ2v) is 8.44. The fourth-order valence-corrected chi connectivity index (χ4v) is 5.11. The molecule has 2 aliphatic rings. The first-order valence-corrected chi connectivity index (χ1v) is 9.65. The van der Waals surface area contributed by atoms with Crippen LogP contribution < -0.4 is 5.32 Å². The largest absolute Gasteiger partial charge is 0.338 e.